The van der Waals surface area contributed by atoms with Crippen molar-refractivity contribution in [3.63, 3.8) is 0 Å². The molecular weight excluding hydrogens is 617 g/mol. The van der Waals surface area contributed by atoms with Crippen molar-refractivity contribution in [2.24, 2.45) is 0 Å². The molecule has 1 saturated carbocycles. The number of hydrogen-bond donors (Lipinski definition) is 1. The maximum atomic E-state index is 14.5. The van der Waals surface area contributed by atoms with Gasteiger partial charge in [0.15, 0.2) is 0 Å². The standard InChI is InChI=1S/C35H36Cl3N3O3/c1-22(42)40-20-27-18-30(24-9-7-23(8-10-24)4-3-17-44-29-15-11-26(36)12-16-29)33(32(21-40)39-27)35(43)41(28-13-14-28)19-25-5-2-6-31(37)34(25)38/h2,5-12,15-16,27-28,32,39H,3-4,13-14,17-21H2,1H3/t27-,32-/m1/s1. The van der Waals surface area contributed by atoms with Crippen LogP contribution in [0.4, 0.5) is 0 Å². The van der Waals surface area contributed by atoms with Crippen LogP contribution < -0.4 is 10.1 Å². The molecule has 3 aliphatic rings. The summed E-state index contributed by atoms with van der Waals surface area (Å²) < 4.78 is 5.85. The minimum atomic E-state index is -0.241. The number of fused-ring (bicyclic) bond motifs is 2. The van der Waals surface area contributed by atoms with E-state index in [1.807, 2.05) is 46.2 Å². The Morgan fingerprint density at radius 2 is 1.73 bits per heavy atom. The number of amides is 2. The third-order valence-corrected chi connectivity index (χ3v) is 9.81. The van der Waals surface area contributed by atoms with Gasteiger partial charge in [-0.3, -0.25) is 9.59 Å². The van der Waals surface area contributed by atoms with Crippen LogP contribution in [0.2, 0.25) is 15.1 Å². The highest BCUT2D eigenvalue weighted by atomic mass is 35.5. The van der Waals surface area contributed by atoms with Gasteiger partial charge in [0, 0.05) is 49.2 Å². The second-order valence-corrected chi connectivity index (χ2v) is 13.1. The maximum absolute atomic E-state index is 14.5. The van der Waals surface area contributed by atoms with Gasteiger partial charge in [0.2, 0.25) is 5.91 Å². The van der Waals surface area contributed by atoms with Gasteiger partial charge in [0.1, 0.15) is 5.75 Å². The van der Waals surface area contributed by atoms with Crippen molar-refractivity contribution in [3.8, 4) is 5.75 Å². The van der Waals surface area contributed by atoms with Crippen molar-refractivity contribution < 1.29 is 14.3 Å². The molecule has 1 N–H and O–H groups in total. The Labute approximate surface area is 273 Å². The van der Waals surface area contributed by atoms with Gasteiger partial charge in [-0.1, -0.05) is 71.2 Å². The number of rotatable bonds is 10. The molecule has 230 valence electrons. The topological polar surface area (TPSA) is 61.9 Å². The van der Waals surface area contributed by atoms with Gasteiger partial charge in [-0.05, 0) is 84.7 Å². The molecule has 9 heteroatoms. The number of halogens is 3. The van der Waals surface area contributed by atoms with Crippen molar-refractivity contribution in [1.29, 1.82) is 0 Å². The molecule has 2 bridgehead atoms. The summed E-state index contributed by atoms with van der Waals surface area (Å²) in [5.41, 5.74) is 4.92. The normalized spacial score (nSPS) is 19.6. The van der Waals surface area contributed by atoms with Crippen LogP contribution in [0.5, 0.6) is 5.75 Å². The number of hydrogen-bond acceptors (Lipinski definition) is 4. The number of ether oxygens (including phenoxy) is 1. The quantitative estimate of drug-likeness (QED) is 0.236. The first-order valence-electron chi connectivity index (χ1n) is 15.2. The lowest BCUT2D eigenvalue weighted by Gasteiger charge is -2.44. The van der Waals surface area contributed by atoms with E-state index in [4.69, 9.17) is 39.5 Å². The van der Waals surface area contributed by atoms with Crippen molar-refractivity contribution in [3.05, 3.63) is 104 Å². The van der Waals surface area contributed by atoms with Gasteiger partial charge in [-0.15, -0.1) is 0 Å². The zero-order valence-corrected chi connectivity index (χ0v) is 27.0. The molecule has 6 nitrogen and oxygen atoms in total. The first-order chi connectivity index (χ1) is 21.3. The molecule has 6 rings (SSSR count). The van der Waals surface area contributed by atoms with Crippen LogP contribution in [-0.4, -0.2) is 59.4 Å². The van der Waals surface area contributed by atoms with Crippen LogP contribution in [0, 0.1) is 0 Å². The lowest BCUT2D eigenvalue weighted by Crippen LogP contribution is -2.61. The minimum Gasteiger partial charge on any atom is -0.494 e. The summed E-state index contributed by atoms with van der Waals surface area (Å²) in [6.45, 7) is 3.71. The van der Waals surface area contributed by atoms with Gasteiger partial charge in [-0.2, -0.15) is 0 Å². The average Bonchev–Trinajstić information content (AvgIpc) is 3.86. The van der Waals surface area contributed by atoms with E-state index in [0.29, 0.717) is 47.7 Å². The number of carbonyl (C=O) groups excluding carboxylic acids is 2. The SMILES string of the molecule is CC(=O)N1C[C@H]2CC(c3ccc(CCCOc4ccc(Cl)cc4)cc3)=C(C(=O)N(Cc3cccc(Cl)c3Cl)C3CC3)[C@@H](C1)N2. The molecule has 2 heterocycles. The number of nitrogens with zero attached hydrogens (tertiary/aromatic N) is 2. The van der Waals surface area contributed by atoms with Crippen LogP contribution in [0.1, 0.15) is 49.3 Å². The number of aryl methyl sites for hydroxylation is 1. The number of carbonyl (C=O) groups is 2. The molecule has 1 saturated heterocycles. The van der Waals surface area contributed by atoms with E-state index in [-0.39, 0.29) is 29.9 Å². The molecule has 2 fully saturated rings. The van der Waals surface area contributed by atoms with Gasteiger partial charge in [0.25, 0.3) is 5.91 Å². The largest absolute Gasteiger partial charge is 0.494 e. The third-order valence-electron chi connectivity index (χ3n) is 8.70. The maximum Gasteiger partial charge on any atom is 0.252 e. The zero-order valence-electron chi connectivity index (χ0n) is 24.7. The summed E-state index contributed by atoms with van der Waals surface area (Å²) >= 11 is 18.8. The number of nitrogens with one attached hydrogen (secondary N) is 1. The third kappa shape index (κ3) is 7.10. The number of piperazine rings is 1. The predicted octanol–water partition coefficient (Wildman–Crippen LogP) is 7.20. The van der Waals surface area contributed by atoms with Crippen LogP contribution in [0.25, 0.3) is 5.57 Å². The molecule has 2 aliphatic heterocycles. The fraction of sp³-hybridized carbons (Fsp3) is 0.371. The fourth-order valence-corrected chi connectivity index (χ4v) is 6.76. The van der Waals surface area contributed by atoms with E-state index in [1.165, 1.54) is 5.56 Å². The molecule has 2 amide bonds. The highest BCUT2D eigenvalue weighted by Crippen LogP contribution is 2.38. The molecule has 44 heavy (non-hydrogen) atoms. The Balaban J connectivity index is 1.24. The molecular formula is C35H36Cl3N3O3. The van der Waals surface area contributed by atoms with Gasteiger partial charge in [0.05, 0.1) is 22.7 Å². The van der Waals surface area contributed by atoms with E-state index in [2.05, 4.69) is 29.6 Å². The van der Waals surface area contributed by atoms with Gasteiger partial charge >= 0.3 is 0 Å². The first kappa shape index (κ1) is 31.0. The smallest absolute Gasteiger partial charge is 0.252 e. The molecule has 0 spiro atoms. The van der Waals surface area contributed by atoms with E-state index in [9.17, 15) is 9.59 Å². The van der Waals surface area contributed by atoms with Crippen LogP contribution in [0.15, 0.2) is 72.3 Å². The summed E-state index contributed by atoms with van der Waals surface area (Å²) in [4.78, 5) is 30.8. The summed E-state index contributed by atoms with van der Waals surface area (Å²) in [5.74, 6) is 0.848. The molecule has 2 atom stereocenters. The first-order valence-corrected chi connectivity index (χ1v) is 16.4. The molecule has 0 radical (unpaired) electrons. The summed E-state index contributed by atoms with van der Waals surface area (Å²) in [5, 5.41) is 5.32. The summed E-state index contributed by atoms with van der Waals surface area (Å²) in [6, 6.07) is 21.5. The second kappa shape index (κ2) is 13.5. The minimum absolute atomic E-state index is 0.00307. The van der Waals surface area contributed by atoms with Gasteiger partial charge < -0.3 is 19.9 Å². The highest BCUT2D eigenvalue weighted by Gasteiger charge is 2.43. The highest BCUT2D eigenvalue weighted by molar-refractivity contribution is 6.42. The Hall–Kier alpha value is -3.03. The fourth-order valence-electron chi connectivity index (χ4n) is 6.26. The second-order valence-electron chi connectivity index (χ2n) is 11.9. The van der Waals surface area contributed by atoms with Crippen LogP contribution in [-0.2, 0) is 22.6 Å². The molecule has 3 aromatic rings. The van der Waals surface area contributed by atoms with E-state index in [1.54, 1.807) is 13.0 Å². The van der Waals surface area contributed by atoms with Crippen LogP contribution in [0.3, 0.4) is 0 Å². The monoisotopic (exact) mass is 651 g/mol. The lowest BCUT2D eigenvalue weighted by molar-refractivity contribution is -0.132. The van der Waals surface area contributed by atoms with E-state index >= 15 is 0 Å². The van der Waals surface area contributed by atoms with E-state index < -0.39 is 0 Å². The molecule has 0 unspecified atom stereocenters. The molecule has 3 aromatic carbocycles. The van der Waals surface area contributed by atoms with Crippen molar-refractivity contribution >= 4 is 52.2 Å². The Bertz CT molecular complexity index is 1550. The Morgan fingerprint density at radius 1 is 0.977 bits per heavy atom. The average molecular weight is 653 g/mol. The molecule has 0 aromatic heterocycles. The summed E-state index contributed by atoms with van der Waals surface area (Å²) in [7, 11) is 0. The Morgan fingerprint density at radius 3 is 2.43 bits per heavy atom. The number of benzene rings is 3. The van der Waals surface area contributed by atoms with Crippen LogP contribution >= 0.6 is 34.8 Å². The van der Waals surface area contributed by atoms with Crippen molar-refractivity contribution in [2.45, 2.75) is 63.7 Å². The summed E-state index contributed by atoms with van der Waals surface area (Å²) in [6.07, 6.45) is 4.36. The molecule has 1 aliphatic carbocycles. The van der Waals surface area contributed by atoms with Crippen molar-refractivity contribution in [2.75, 3.05) is 19.7 Å². The lowest BCUT2D eigenvalue weighted by atomic mass is 9.82. The zero-order chi connectivity index (χ0) is 30.8. The Kier molecular flexibility index (Phi) is 9.53. The van der Waals surface area contributed by atoms with Gasteiger partial charge in [-0.25, -0.2) is 0 Å². The van der Waals surface area contributed by atoms with E-state index in [0.717, 1.165) is 53.7 Å². The van der Waals surface area contributed by atoms with Crippen molar-refractivity contribution in [1.82, 2.24) is 15.1 Å². The predicted molar refractivity (Wildman–Crippen MR) is 176 cm³/mol.